The standard InChI is InChI=1S/C6H7N3O2/c7-9-6(11)4-1-5(10)3-8-2-4/h1-3,10H,7H2,(H,9,11). The van der Waals surface area contributed by atoms with Gasteiger partial charge in [-0.25, -0.2) is 5.84 Å². The number of aromatic nitrogens is 1. The number of hydrogen-bond donors (Lipinski definition) is 3. The molecule has 0 spiro atoms. The van der Waals surface area contributed by atoms with E-state index in [0.29, 0.717) is 0 Å². The monoisotopic (exact) mass is 153 g/mol. The van der Waals surface area contributed by atoms with Crippen molar-refractivity contribution in [2.24, 2.45) is 5.84 Å². The van der Waals surface area contributed by atoms with Crippen LogP contribution in [0.15, 0.2) is 18.5 Å². The molecule has 0 saturated heterocycles. The Labute approximate surface area is 62.8 Å². The summed E-state index contributed by atoms with van der Waals surface area (Å²) >= 11 is 0. The van der Waals surface area contributed by atoms with E-state index in [2.05, 4.69) is 4.98 Å². The largest absolute Gasteiger partial charge is 0.506 e. The third-order valence-corrected chi connectivity index (χ3v) is 1.12. The molecular weight excluding hydrogens is 146 g/mol. The Balaban J connectivity index is 2.96. The molecule has 0 radical (unpaired) electrons. The Bertz CT molecular complexity index is 274. The van der Waals surface area contributed by atoms with E-state index in [4.69, 9.17) is 10.9 Å². The number of nitrogens with zero attached hydrogens (tertiary/aromatic N) is 1. The predicted octanol–water partition coefficient (Wildman–Crippen LogP) is -0.609. The number of aromatic hydroxyl groups is 1. The third kappa shape index (κ3) is 1.65. The highest BCUT2D eigenvalue weighted by molar-refractivity contribution is 5.93. The summed E-state index contributed by atoms with van der Waals surface area (Å²) in [6.45, 7) is 0. The number of carbonyl (C=O) groups is 1. The van der Waals surface area contributed by atoms with Crippen molar-refractivity contribution in [3.05, 3.63) is 24.0 Å². The molecule has 5 heteroatoms. The lowest BCUT2D eigenvalue weighted by atomic mass is 10.3. The van der Waals surface area contributed by atoms with Gasteiger partial charge in [-0.3, -0.25) is 15.2 Å². The first-order valence-corrected chi connectivity index (χ1v) is 2.89. The average Bonchev–Trinajstić information content (AvgIpc) is 2.03. The van der Waals surface area contributed by atoms with Crippen molar-refractivity contribution in [3.63, 3.8) is 0 Å². The molecule has 1 heterocycles. The third-order valence-electron chi connectivity index (χ3n) is 1.12. The fourth-order valence-corrected chi connectivity index (χ4v) is 0.635. The highest BCUT2D eigenvalue weighted by Gasteiger charge is 2.02. The number of hydrazine groups is 1. The molecule has 0 bridgehead atoms. The average molecular weight is 153 g/mol. The molecular formula is C6H7N3O2. The van der Waals surface area contributed by atoms with Gasteiger partial charge in [-0.05, 0) is 6.07 Å². The van der Waals surface area contributed by atoms with Crippen LogP contribution in [0.5, 0.6) is 5.75 Å². The van der Waals surface area contributed by atoms with Crippen LogP contribution in [0.3, 0.4) is 0 Å². The lowest BCUT2D eigenvalue weighted by molar-refractivity contribution is 0.0953. The van der Waals surface area contributed by atoms with Gasteiger partial charge >= 0.3 is 0 Å². The van der Waals surface area contributed by atoms with E-state index in [0.717, 1.165) is 0 Å². The summed E-state index contributed by atoms with van der Waals surface area (Å²) in [6, 6.07) is 1.27. The number of hydrogen-bond acceptors (Lipinski definition) is 4. The first kappa shape index (κ1) is 7.49. The van der Waals surface area contributed by atoms with Crippen LogP contribution in [0.25, 0.3) is 0 Å². The second kappa shape index (κ2) is 2.98. The molecule has 4 N–H and O–H groups in total. The zero-order chi connectivity index (χ0) is 8.27. The number of nitrogens with two attached hydrogens (primary N) is 1. The second-order valence-corrected chi connectivity index (χ2v) is 1.91. The summed E-state index contributed by atoms with van der Waals surface area (Å²) in [7, 11) is 0. The molecule has 58 valence electrons. The first-order valence-electron chi connectivity index (χ1n) is 2.89. The smallest absolute Gasteiger partial charge is 0.266 e. The molecule has 0 aliphatic heterocycles. The summed E-state index contributed by atoms with van der Waals surface area (Å²) in [5.41, 5.74) is 2.15. The van der Waals surface area contributed by atoms with Gasteiger partial charge in [0.25, 0.3) is 5.91 Å². The molecule has 0 aliphatic rings. The Kier molecular flexibility index (Phi) is 2.03. The zero-order valence-corrected chi connectivity index (χ0v) is 5.61. The maximum Gasteiger partial charge on any atom is 0.266 e. The van der Waals surface area contributed by atoms with E-state index in [9.17, 15) is 4.79 Å². The van der Waals surface area contributed by atoms with Crippen LogP contribution in [0.4, 0.5) is 0 Å². The van der Waals surface area contributed by atoms with Crippen LogP contribution in [-0.2, 0) is 0 Å². The van der Waals surface area contributed by atoms with E-state index < -0.39 is 5.91 Å². The quantitative estimate of drug-likeness (QED) is 0.285. The topological polar surface area (TPSA) is 88.2 Å². The van der Waals surface area contributed by atoms with E-state index in [-0.39, 0.29) is 11.3 Å². The van der Waals surface area contributed by atoms with E-state index in [1.54, 1.807) is 0 Å². The molecule has 0 unspecified atom stereocenters. The summed E-state index contributed by atoms with van der Waals surface area (Å²) in [6.07, 6.45) is 2.54. The molecule has 0 aromatic carbocycles. The highest BCUT2D eigenvalue weighted by atomic mass is 16.3. The maximum atomic E-state index is 10.8. The number of amides is 1. The van der Waals surface area contributed by atoms with Crippen molar-refractivity contribution in [1.29, 1.82) is 0 Å². The van der Waals surface area contributed by atoms with Gasteiger partial charge in [-0.1, -0.05) is 0 Å². The van der Waals surface area contributed by atoms with Crippen molar-refractivity contribution < 1.29 is 9.90 Å². The minimum absolute atomic E-state index is 0.0638. The molecule has 0 aliphatic carbocycles. The fourth-order valence-electron chi connectivity index (χ4n) is 0.635. The molecule has 0 saturated carbocycles. The second-order valence-electron chi connectivity index (χ2n) is 1.91. The van der Waals surface area contributed by atoms with Crippen molar-refractivity contribution in [3.8, 4) is 5.75 Å². The molecule has 0 atom stereocenters. The highest BCUT2D eigenvalue weighted by Crippen LogP contribution is 2.07. The zero-order valence-electron chi connectivity index (χ0n) is 5.61. The van der Waals surface area contributed by atoms with Crippen molar-refractivity contribution >= 4 is 5.91 Å². The lowest BCUT2D eigenvalue weighted by Gasteiger charge is -1.97. The molecule has 1 amide bonds. The van der Waals surface area contributed by atoms with Crippen LogP contribution in [0.1, 0.15) is 10.4 Å². The number of nitrogens with one attached hydrogen (secondary N) is 1. The SMILES string of the molecule is NNC(=O)c1cncc(O)c1. The van der Waals surface area contributed by atoms with Crippen molar-refractivity contribution in [2.45, 2.75) is 0 Å². The Morgan fingerprint density at radius 3 is 2.91 bits per heavy atom. The molecule has 0 fully saturated rings. The summed E-state index contributed by atoms with van der Waals surface area (Å²) < 4.78 is 0. The van der Waals surface area contributed by atoms with Gasteiger partial charge in [-0.15, -0.1) is 0 Å². The van der Waals surface area contributed by atoms with E-state index in [1.807, 2.05) is 5.43 Å². The molecule has 5 nitrogen and oxygen atoms in total. The van der Waals surface area contributed by atoms with Crippen LogP contribution >= 0.6 is 0 Å². The number of carbonyl (C=O) groups excluding carboxylic acids is 1. The van der Waals surface area contributed by atoms with Crippen molar-refractivity contribution in [2.75, 3.05) is 0 Å². The Morgan fingerprint density at radius 1 is 1.64 bits per heavy atom. The van der Waals surface area contributed by atoms with Crippen LogP contribution in [-0.4, -0.2) is 16.0 Å². The maximum absolute atomic E-state index is 10.8. The Morgan fingerprint density at radius 2 is 2.36 bits per heavy atom. The molecule has 1 aromatic rings. The first-order chi connectivity index (χ1) is 5.24. The van der Waals surface area contributed by atoms with Crippen molar-refractivity contribution in [1.82, 2.24) is 10.4 Å². The summed E-state index contributed by atoms with van der Waals surface area (Å²) in [5.74, 6) is 4.30. The molecule has 11 heavy (non-hydrogen) atoms. The normalized spacial score (nSPS) is 9.18. The Hall–Kier alpha value is -1.62. The lowest BCUT2D eigenvalue weighted by Crippen LogP contribution is -2.29. The van der Waals surface area contributed by atoms with Gasteiger partial charge in [0, 0.05) is 6.20 Å². The van der Waals surface area contributed by atoms with Crippen LogP contribution < -0.4 is 11.3 Å². The van der Waals surface area contributed by atoms with E-state index >= 15 is 0 Å². The van der Waals surface area contributed by atoms with Gasteiger partial charge in [0.05, 0.1) is 11.8 Å². The fraction of sp³-hybridized carbons (Fsp3) is 0. The van der Waals surface area contributed by atoms with Gasteiger partial charge in [0.2, 0.25) is 0 Å². The van der Waals surface area contributed by atoms with Gasteiger partial charge in [0.1, 0.15) is 5.75 Å². The predicted molar refractivity (Wildman–Crippen MR) is 37.6 cm³/mol. The molecule has 1 aromatic heterocycles. The minimum Gasteiger partial charge on any atom is -0.506 e. The minimum atomic E-state index is -0.478. The van der Waals surface area contributed by atoms with Gasteiger partial charge in [-0.2, -0.15) is 0 Å². The van der Waals surface area contributed by atoms with Gasteiger partial charge < -0.3 is 5.11 Å². The van der Waals surface area contributed by atoms with E-state index in [1.165, 1.54) is 18.5 Å². The number of nitrogen functional groups attached to an aromatic ring is 1. The van der Waals surface area contributed by atoms with Crippen LogP contribution in [0, 0.1) is 0 Å². The molecule has 1 rings (SSSR count). The summed E-state index contributed by atoms with van der Waals surface area (Å²) in [4.78, 5) is 14.4. The van der Waals surface area contributed by atoms with Gasteiger partial charge in [0.15, 0.2) is 0 Å². The summed E-state index contributed by atoms with van der Waals surface area (Å²) in [5, 5.41) is 8.87. The number of pyridine rings is 1. The number of rotatable bonds is 1. The van der Waals surface area contributed by atoms with Crippen LogP contribution in [0.2, 0.25) is 0 Å².